The molecule has 2 heterocycles. The van der Waals surface area contributed by atoms with Crippen LogP contribution >= 0.6 is 0 Å². The first-order chi connectivity index (χ1) is 15.7. The van der Waals surface area contributed by atoms with Crippen molar-refractivity contribution in [1.82, 2.24) is 20.1 Å². The summed E-state index contributed by atoms with van der Waals surface area (Å²) in [7, 11) is 3.18. The maximum atomic E-state index is 12.4. The van der Waals surface area contributed by atoms with Gasteiger partial charge in [0, 0.05) is 12.3 Å². The average Bonchev–Trinajstić information content (AvgIpc) is 3.51. The molecule has 32 heavy (non-hydrogen) atoms. The van der Waals surface area contributed by atoms with Crippen molar-refractivity contribution in [2.45, 2.75) is 38.3 Å². The largest absolute Gasteiger partial charge is 0.493 e. The molecule has 0 bridgehead atoms. The third-order valence-electron chi connectivity index (χ3n) is 5.66. The van der Waals surface area contributed by atoms with Gasteiger partial charge in [0.05, 0.1) is 43.9 Å². The summed E-state index contributed by atoms with van der Waals surface area (Å²) in [6, 6.07) is 13.8. The number of aromatic nitrogens is 3. The SMILES string of the molecule is COc1ccc(/C=C/C(=O)NCc2cc(-c3ccccn3)n(C3CCCC3)n2)cc1OC. The second-order valence-corrected chi connectivity index (χ2v) is 7.78. The second-order valence-electron chi connectivity index (χ2n) is 7.78. The predicted octanol–water partition coefficient (Wildman–Crippen LogP) is 4.41. The average molecular weight is 433 g/mol. The van der Waals surface area contributed by atoms with E-state index < -0.39 is 0 Å². The zero-order valence-corrected chi connectivity index (χ0v) is 18.5. The minimum atomic E-state index is -0.186. The van der Waals surface area contributed by atoms with E-state index in [2.05, 4.69) is 15.0 Å². The van der Waals surface area contributed by atoms with E-state index in [0.717, 1.165) is 35.5 Å². The van der Waals surface area contributed by atoms with E-state index in [4.69, 9.17) is 14.6 Å². The Morgan fingerprint density at radius 2 is 1.94 bits per heavy atom. The Kier molecular flexibility index (Phi) is 6.84. The number of nitrogens with one attached hydrogen (secondary N) is 1. The van der Waals surface area contributed by atoms with Crippen LogP contribution in [0, 0.1) is 0 Å². The van der Waals surface area contributed by atoms with E-state index in [-0.39, 0.29) is 5.91 Å². The monoisotopic (exact) mass is 432 g/mol. The van der Waals surface area contributed by atoms with Gasteiger partial charge in [0.1, 0.15) is 0 Å². The van der Waals surface area contributed by atoms with Crippen LogP contribution in [0.2, 0.25) is 0 Å². The number of rotatable bonds is 8. The van der Waals surface area contributed by atoms with Gasteiger partial charge in [-0.05, 0) is 54.8 Å². The number of carbonyl (C=O) groups excluding carboxylic acids is 1. The third-order valence-corrected chi connectivity index (χ3v) is 5.66. The predicted molar refractivity (Wildman–Crippen MR) is 123 cm³/mol. The molecule has 0 atom stereocenters. The molecule has 1 N–H and O–H groups in total. The van der Waals surface area contributed by atoms with Crippen molar-refractivity contribution in [2.24, 2.45) is 0 Å². The Morgan fingerprint density at radius 3 is 2.66 bits per heavy atom. The number of nitrogens with zero attached hydrogens (tertiary/aromatic N) is 3. The lowest BCUT2D eigenvalue weighted by Gasteiger charge is -2.13. The molecule has 1 amide bonds. The van der Waals surface area contributed by atoms with Crippen molar-refractivity contribution in [1.29, 1.82) is 0 Å². The van der Waals surface area contributed by atoms with Gasteiger partial charge in [0.2, 0.25) is 5.91 Å². The quantitative estimate of drug-likeness (QED) is 0.534. The molecule has 166 valence electrons. The van der Waals surface area contributed by atoms with E-state index in [9.17, 15) is 4.79 Å². The minimum Gasteiger partial charge on any atom is -0.493 e. The van der Waals surface area contributed by atoms with E-state index >= 15 is 0 Å². The molecule has 0 aliphatic heterocycles. The van der Waals surface area contributed by atoms with Crippen molar-refractivity contribution in [3.63, 3.8) is 0 Å². The molecule has 4 rings (SSSR count). The van der Waals surface area contributed by atoms with Crippen LogP contribution in [0.4, 0.5) is 0 Å². The number of methoxy groups -OCH3 is 2. The van der Waals surface area contributed by atoms with E-state index in [1.54, 1.807) is 26.5 Å². The van der Waals surface area contributed by atoms with Crippen molar-refractivity contribution in [3.8, 4) is 22.9 Å². The van der Waals surface area contributed by atoms with Gasteiger partial charge >= 0.3 is 0 Å². The van der Waals surface area contributed by atoms with Crippen LogP contribution in [-0.4, -0.2) is 34.9 Å². The highest BCUT2D eigenvalue weighted by atomic mass is 16.5. The molecule has 0 unspecified atom stereocenters. The number of carbonyl (C=O) groups is 1. The normalized spacial score (nSPS) is 14.1. The van der Waals surface area contributed by atoms with Crippen molar-refractivity contribution < 1.29 is 14.3 Å². The molecule has 0 spiro atoms. The van der Waals surface area contributed by atoms with Gasteiger partial charge < -0.3 is 14.8 Å². The van der Waals surface area contributed by atoms with Gasteiger partial charge in [-0.15, -0.1) is 0 Å². The van der Waals surface area contributed by atoms with Gasteiger partial charge in [-0.1, -0.05) is 25.0 Å². The summed E-state index contributed by atoms with van der Waals surface area (Å²) >= 11 is 0. The lowest BCUT2D eigenvalue weighted by atomic mass is 10.2. The van der Waals surface area contributed by atoms with Gasteiger partial charge in [0.25, 0.3) is 0 Å². The highest BCUT2D eigenvalue weighted by molar-refractivity contribution is 5.91. The smallest absolute Gasteiger partial charge is 0.244 e. The standard InChI is InChI=1S/C25H28N4O3/c1-31-23-12-10-18(15-24(23)32-2)11-13-25(30)27-17-19-16-22(21-9-5-6-14-26-21)29(28-19)20-7-3-4-8-20/h5-6,9-16,20H,3-4,7-8,17H2,1-2H3,(H,27,30)/b13-11+. The van der Waals surface area contributed by atoms with Crippen LogP contribution in [0.25, 0.3) is 17.5 Å². The van der Waals surface area contributed by atoms with Crippen LogP contribution in [0.1, 0.15) is 43.0 Å². The Labute approximate surface area is 188 Å². The summed E-state index contributed by atoms with van der Waals surface area (Å²) in [6.07, 6.45) is 9.74. The van der Waals surface area contributed by atoms with E-state index in [1.807, 2.05) is 42.5 Å². The van der Waals surface area contributed by atoms with Crippen LogP contribution in [-0.2, 0) is 11.3 Å². The molecule has 1 aliphatic rings. The van der Waals surface area contributed by atoms with Crippen molar-refractivity contribution >= 4 is 12.0 Å². The molecule has 0 radical (unpaired) electrons. The zero-order chi connectivity index (χ0) is 22.3. The van der Waals surface area contributed by atoms with Crippen molar-refractivity contribution in [3.05, 3.63) is 66.0 Å². The first-order valence-corrected chi connectivity index (χ1v) is 10.9. The van der Waals surface area contributed by atoms with Gasteiger partial charge in [-0.25, -0.2) is 0 Å². The van der Waals surface area contributed by atoms with Crippen molar-refractivity contribution in [2.75, 3.05) is 14.2 Å². The number of pyridine rings is 1. The van der Waals surface area contributed by atoms with E-state index in [0.29, 0.717) is 24.1 Å². The Balaban J connectivity index is 1.44. The molecule has 7 heteroatoms. The number of hydrogen-bond donors (Lipinski definition) is 1. The molecular weight excluding hydrogens is 404 g/mol. The summed E-state index contributed by atoms with van der Waals surface area (Å²) in [4.78, 5) is 16.9. The fraction of sp³-hybridized carbons (Fsp3) is 0.320. The first kappa shape index (κ1) is 21.6. The summed E-state index contributed by atoms with van der Waals surface area (Å²) in [5.74, 6) is 1.08. The fourth-order valence-electron chi connectivity index (χ4n) is 4.03. The molecule has 2 aromatic heterocycles. The lowest BCUT2D eigenvalue weighted by molar-refractivity contribution is -0.116. The number of ether oxygens (including phenoxy) is 2. The maximum Gasteiger partial charge on any atom is 0.244 e. The highest BCUT2D eigenvalue weighted by Gasteiger charge is 2.22. The van der Waals surface area contributed by atoms with Crippen LogP contribution in [0.15, 0.2) is 54.7 Å². The number of hydrogen-bond acceptors (Lipinski definition) is 5. The summed E-state index contributed by atoms with van der Waals surface area (Å²) in [6.45, 7) is 0.356. The van der Waals surface area contributed by atoms with E-state index in [1.165, 1.54) is 18.9 Å². The molecule has 1 aliphatic carbocycles. The minimum absolute atomic E-state index is 0.186. The molecule has 1 saturated carbocycles. The van der Waals surface area contributed by atoms with Crippen LogP contribution in [0.3, 0.4) is 0 Å². The van der Waals surface area contributed by atoms with Gasteiger partial charge in [-0.3, -0.25) is 14.5 Å². The molecule has 1 fully saturated rings. The Hall–Kier alpha value is -3.61. The van der Waals surface area contributed by atoms with Gasteiger partial charge in [0.15, 0.2) is 11.5 Å². The number of amides is 1. The summed E-state index contributed by atoms with van der Waals surface area (Å²) in [5, 5.41) is 7.73. The molecule has 1 aromatic carbocycles. The lowest BCUT2D eigenvalue weighted by Crippen LogP contribution is -2.20. The van der Waals surface area contributed by atoms with Crippen LogP contribution in [0.5, 0.6) is 11.5 Å². The second kappa shape index (κ2) is 10.1. The fourth-order valence-corrected chi connectivity index (χ4v) is 4.03. The highest BCUT2D eigenvalue weighted by Crippen LogP contribution is 2.33. The number of benzene rings is 1. The molecular formula is C25H28N4O3. The zero-order valence-electron chi connectivity index (χ0n) is 18.5. The summed E-state index contributed by atoms with van der Waals surface area (Å²) < 4.78 is 12.6. The topological polar surface area (TPSA) is 78.3 Å². The third kappa shape index (κ3) is 4.99. The summed E-state index contributed by atoms with van der Waals surface area (Å²) in [5.41, 5.74) is 3.58. The Morgan fingerprint density at radius 1 is 1.12 bits per heavy atom. The molecule has 3 aromatic rings. The first-order valence-electron chi connectivity index (χ1n) is 10.9. The molecule has 7 nitrogen and oxygen atoms in total. The van der Waals surface area contributed by atoms with Crippen LogP contribution < -0.4 is 14.8 Å². The maximum absolute atomic E-state index is 12.4. The van der Waals surface area contributed by atoms with Gasteiger partial charge in [-0.2, -0.15) is 5.10 Å². The Bertz CT molecular complexity index is 1090. The molecule has 0 saturated heterocycles.